The minimum atomic E-state index is 0.323. The lowest BCUT2D eigenvalue weighted by Crippen LogP contribution is -2.39. The Morgan fingerprint density at radius 2 is 1.94 bits per heavy atom. The molecule has 2 aliphatic heterocycles. The highest BCUT2D eigenvalue weighted by Gasteiger charge is 2.22. The van der Waals surface area contributed by atoms with Gasteiger partial charge in [-0.25, -0.2) is 4.98 Å². The summed E-state index contributed by atoms with van der Waals surface area (Å²) in [5, 5.41) is 16.2. The molecule has 0 amide bonds. The monoisotopic (exact) mass is 438 g/mol. The number of allylic oxidation sites excluding steroid dienone is 3. The SMILES string of the molecule is C1CNCCN1.C=N.Cn1cncc1CC1=CC2=CC=CNC2Cc2ccc(Cl)cc21. The van der Waals surface area contributed by atoms with Crippen molar-refractivity contribution in [3.05, 3.63) is 82.6 Å². The number of aryl methyl sites for hydroxylation is 1. The molecule has 1 aromatic carbocycles. The number of aromatic nitrogens is 2. The second-order valence-corrected chi connectivity index (χ2v) is 8.03. The molecule has 0 radical (unpaired) electrons. The highest BCUT2D eigenvalue weighted by molar-refractivity contribution is 6.30. The number of rotatable bonds is 2. The number of hydrogen-bond donors (Lipinski definition) is 4. The van der Waals surface area contributed by atoms with Crippen LogP contribution in [0.5, 0.6) is 0 Å². The van der Waals surface area contributed by atoms with Crippen LogP contribution in [0.25, 0.3) is 5.57 Å². The summed E-state index contributed by atoms with van der Waals surface area (Å²) in [5.74, 6) is 0. The summed E-state index contributed by atoms with van der Waals surface area (Å²) in [5.41, 5.74) is 6.38. The number of nitrogens with zero attached hydrogens (tertiary/aromatic N) is 2. The summed E-state index contributed by atoms with van der Waals surface area (Å²) in [6.07, 6.45) is 14.2. The van der Waals surface area contributed by atoms with E-state index in [-0.39, 0.29) is 0 Å². The lowest BCUT2D eigenvalue weighted by atomic mass is 9.95. The third kappa shape index (κ3) is 6.17. The molecule has 164 valence electrons. The Bertz CT molecular complexity index is 943. The molecule has 1 fully saturated rings. The van der Waals surface area contributed by atoms with Crippen LogP contribution in [0.1, 0.15) is 16.8 Å². The maximum absolute atomic E-state index is 6.27. The molecule has 1 aromatic heterocycles. The van der Waals surface area contributed by atoms with Crippen molar-refractivity contribution in [2.75, 3.05) is 26.2 Å². The van der Waals surface area contributed by atoms with Crippen molar-refractivity contribution in [1.82, 2.24) is 25.5 Å². The van der Waals surface area contributed by atoms with Gasteiger partial charge < -0.3 is 25.9 Å². The Morgan fingerprint density at radius 1 is 1.19 bits per heavy atom. The quantitative estimate of drug-likeness (QED) is 0.543. The molecule has 1 atom stereocenters. The summed E-state index contributed by atoms with van der Waals surface area (Å²) in [6.45, 7) is 7.06. The zero-order chi connectivity index (χ0) is 22.1. The van der Waals surface area contributed by atoms with E-state index in [1.807, 2.05) is 31.8 Å². The Labute approximate surface area is 189 Å². The van der Waals surface area contributed by atoms with E-state index in [1.54, 1.807) is 0 Å². The molecule has 7 heteroatoms. The number of piperazine rings is 1. The zero-order valence-electron chi connectivity index (χ0n) is 18.0. The van der Waals surface area contributed by atoms with Crippen LogP contribution >= 0.6 is 11.6 Å². The first-order valence-corrected chi connectivity index (χ1v) is 10.9. The number of halogens is 1. The van der Waals surface area contributed by atoms with Crippen molar-refractivity contribution in [2.24, 2.45) is 7.05 Å². The predicted octanol–water partition coefficient (Wildman–Crippen LogP) is 3.11. The summed E-state index contributed by atoms with van der Waals surface area (Å²) >= 11 is 6.27. The molecule has 6 nitrogen and oxygen atoms in total. The van der Waals surface area contributed by atoms with E-state index < -0.39 is 0 Å². The lowest BCUT2D eigenvalue weighted by molar-refractivity contribution is 0.534. The van der Waals surface area contributed by atoms with Crippen LogP contribution in [-0.2, 0) is 19.9 Å². The molecule has 5 rings (SSSR count). The van der Waals surface area contributed by atoms with Gasteiger partial charge in [-0.3, -0.25) is 0 Å². The van der Waals surface area contributed by atoms with Gasteiger partial charge in [0, 0.05) is 56.6 Å². The molecule has 0 saturated carbocycles. The molecule has 1 aliphatic carbocycles. The molecule has 3 aliphatic rings. The van der Waals surface area contributed by atoms with Crippen molar-refractivity contribution in [1.29, 1.82) is 5.41 Å². The van der Waals surface area contributed by atoms with Crippen molar-refractivity contribution >= 4 is 23.9 Å². The molecule has 0 spiro atoms. The van der Waals surface area contributed by atoms with Crippen molar-refractivity contribution in [2.45, 2.75) is 18.9 Å². The average Bonchev–Trinajstić information content (AvgIpc) is 3.15. The maximum atomic E-state index is 6.27. The van der Waals surface area contributed by atoms with Crippen LogP contribution in [0.15, 0.2) is 60.7 Å². The van der Waals surface area contributed by atoms with Crippen LogP contribution in [0.3, 0.4) is 0 Å². The molecule has 1 unspecified atom stereocenters. The van der Waals surface area contributed by atoms with Crippen LogP contribution in [-0.4, -0.2) is 48.5 Å². The van der Waals surface area contributed by atoms with Crippen molar-refractivity contribution in [3.63, 3.8) is 0 Å². The fourth-order valence-corrected chi connectivity index (χ4v) is 4.07. The number of fused-ring (bicyclic) bond motifs is 2. The smallest absolute Gasteiger partial charge is 0.0945 e. The maximum Gasteiger partial charge on any atom is 0.0945 e. The predicted molar refractivity (Wildman–Crippen MR) is 130 cm³/mol. The van der Waals surface area contributed by atoms with Crippen LogP contribution in [0.4, 0.5) is 0 Å². The summed E-state index contributed by atoms with van der Waals surface area (Å²) < 4.78 is 2.07. The molecule has 31 heavy (non-hydrogen) atoms. The highest BCUT2D eigenvalue weighted by Crippen LogP contribution is 2.33. The summed E-state index contributed by atoms with van der Waals surface area (Å²) in [4.78, 5) is 4.24. The van der Waals surface area contributed by atoms with Gasteiger partial charge in [-0.15, -0.1) is 0 Å². The third-order valence-corrected chi connectivity index (χ3v) is 5.75. The fourth-order valence-electron chi connectivity index (χ4n) is 3.89. The van der Waals surface area contributed by atoms with Gasteiger partial charge in [0.2, 0.25) is 0 Å². The fraction of sp³-hybridized carbons (Fsp3) is 0.333. The minimum absolute atomic E-state index is 0.323. The Hall–Kier alpha value is -2.67. The van der Waals surface area contributed by atoms with E-state index in [1.165, 1.54) is 28.0 Å². The zero-order valence-corrected chi connectivity index (χ0v) is 18.8. The largest absolute Gasteiger partial charge is 0.384 e. The Kier molecular flexibility index (Phi) is 8.64. The average molecular weight is 439 g/mol. The highest BCUT2D eigenvalue weighted by atomic mass is 35.5. The first kappa shape index (κ1) is 23.0. The number of benzene rings is 1. The first-order valence-electron chi connectivity index (χ1n) is 10.5. The molecule has 1 saturated heterocycles. The van der Waals surface area contributed by atoms with Crippen LogP contribution in [0.2, 0.25) is 5.02 Å². The molecule has 4 N–H and O–H groups in total. The minimum Gasteiger partial charge on any atom is -0.384 e. The summed E-state index contributed by atoms with van der Waals surface area (Å²) in [7, 11) is 2.03. The van der Waals surface area contributed by atoms with Gasteiger partial charge in [-0.05, 0) is 59.8 Å². The van der Waals surface area contributed by atoms with E-state index in [9.17, 15) is 0 Å². The molecule has 0 bridgehead atoms. The molecule has 3 heterocycles. The van der Waals surface area contributed by atoms with Gasteiger partial charge in [0.15, 0.2) is 0 Å². The topological polar surface area (TPSA) is 77.8 Å². The van der Waals surface area contributed by atoms with Gasteiger partial charge in [0.25, 0.3) is 0 Å². The Balaban J connectivity index is 0.000000291. The van der Waals surface area contributed by atoms with E-state index in [4.69, 9.17) is 17.0 Å². The van der Waals surface area contributed by atoms with E-state index in [0.717, 1.165) is 44.0 Å². The van der Waals surface area contributed by atoms with E-state index in [2.05, 4.69) is 62.6 Å². The first-order chi connectivity index (χ1) is 15.2. The normalized spacial score (nSPS) is 19.0. The second-order valence-electron chi connectivity index (χ2n) is 7.59. The number of nitrogens with one attached hydrogen (secondary N) is 4. The van der Waals surface area contributed by atoms with Gasteiger partial charge in [0.1, 0.15) is 0 Å². The Morgan fingerprint density at radius 3 is 2.58 bits per heavy atom. The second kappa shape index (κ2) is 11.6. The van der Waals surface area contributed by atoms with Gasteiger partial charge in [-0.2, -0.15) is 0 Å². The van der Waals surface area contributed by atoms with E-state index >= 15 is 0 Å². The van der Waals surface area contributed by atoms with Gasteiger partial charge in [-0.1, -0.05) is 29.8 Å². The van der Waals surface area contributed by atoms with Gasteiger partial charge in [0.05, 0.1) is 12.4 Å². The van der Waals surface area contributed by atoms with Crippen LogP contribution < -0.4 is 16.0 Å². The van der Waals surface area contributed by atoms with E-state index in [0.29, 0.717) is 6.04 Å². The number of dihydropyridines is 1. The van der Waals surface area contributed by atoms with Crippen molar-refractivity contribution in [3.8, 4) is 0 Å². The van der Waals surface area contributed by atoms with Gasteiger partial charge >= 0.3 is 0 Å². The number of imidazole rings is 1. The van der Waals surface area contributed by atoms with Crippen molar-refractivity contribution < 1.29 is 0 Å². The summed E-state index contributed by atoms with van der Waals surface area (Å²) in [6, 6.07) is 6.54. The third-order valence-electron chi connectivity index (χ3n) is 5.51. The number of hydrogen-bond acceptors (Lipinski definition) is 5. The molecule has 2 aromatic rings. The molecular formula is C24H31ClN6. The van der Waals surface area contributed by atoms with Crippen LogP contribution in [0, 0.1) is 5.41 Å². The lowest BCUT2D eigenvalue weighted by Gasteiger charge is -2.20. The standard InChI is InChI=1S/C19H18ClN3.C4H10N2.CH3N/c1-23-12-21-11-17(23)8-15-7-14-3-2-6-22-19(14)9-13-4-5-16(20)10-18(13)15;1-2-6-4-3-5-1;1-2/h2-7,10-12,19,22H,8-9H2,1H3;5-6H,1-4H2;2H,1H2. The molecular weight excluding hydrogens is 408 g/mol.